The van der Waals surface area contributed by atoms with Gasteiger partial charge in [-0.05, 0) is 13.8 Å². The van der Waals surface area contributed by atoms with Crippen molar-refractivity contribution in [2.75, 3.05) is 19.3 Å². The Bertz CT molecular complexity index is 373. The normalized spacial score (nSPS) is 12.5. The van der Waals surface area contributed by atoms with Crippen LogP contribution in [-0.2, 0) is 6.54 Å². The monoisotopic (exact) mass is 226 g/mol. The number of nitrogens with two attached hydrogens (primary N) is 1. The van der Waals surface area contributed by atoms with Crippen LogP contribution < -0.4 is 5.73 Å². The molecule has 1 aromatic rings. The van der Waals surface area contributed by atoms with Crippen molar-refractivity contribution in [3.8, 4) is 0 Å². The second-order valence-electron chi connectivity index (χ2n) is 3.82. The van der Waals surface area contributed by atoms with Crippen LogP contribution in [0.4, 0.5) is 5.69 Å². The van der Waals surface area contributed by atoms with Crippen molar-refractivity contribution in [3.63, 3.8) is 0 Å². The average Bonchev–Trinajstić information content (AvgIpc) is 2.57. The van der Waals surface area contributed by atoms with Gasteiger partial charge in [-0.2, -0.15) is 5.10 Å². The van der Waals surface area contributed by atoms with Crippen LogP contribution in [0, 0.1) is 0 Å². The highest BCUT2D eigenvalue weighted by Gasteiger charge is 2.19. The third-order valence-corrected chi connectivity index (χ3v) is 2.20. The number of rotatable bonds is 4. The minimum atomic E-state index is -0.566. The lowest BCUT2D eigenvalue weighted by atomic mass is 10.3. The summed E-state index contributed by atoms with van der Waals surface area (Å²) in [4.78, 5) is 13.3. The molecular formula is C10H18N4O2. The van der Waals surface area contributed by atoms with Crippen LogP contribution in [0.5, 0.6) is 0 Å². The molecule has 0 bridgehead atoms. The Morgan fingerprint density at radius 1 is 1.75 bits per heavy atom. The number of nitrogens with zero attached hydrogens (tertiary/aromatic N) is 3. The molecule has 0 aliphatic heterocycles. The van der Waals surface area contributed by atoms with Gasteiger partial charge in [0.1, 0.15) is 0 Å². The fraction of sp³-hybridized carbons (Fsp3) is 0.600. The maximum atomic E-state index is 11.9. The van der Waals surface area contributed by atoms with E-state index < -0.39 is 6.10 Å². The molecule has 90 valence electrons. The van der Waals surface area contributed by atoms with E-state index in [2.05, 4.69) is 5.10 Å². The number of aryl methyl sites for hydroxylation is 1. The minimum Gasteiger partial charge on any atom is -0.396 e. The van der Waals surface area contributed by atoms with Crippen molar-refractivity contribution in [2.45, 2.75) is 26.5 Å². The Kier molecular flexibility index (Phi) is 3.89. The van der Waals surface area contributed by atoms with Gasteiger partial charge in [0.2, 0.25) is 0 Å². The van der Waals surface area contributed by atoms with Crippen molar-refractivity contribution in [3.05, 3.63) is 11.9 Å². The third-order valence-electron chi connectivity index (χ3n) is 2.20. The minimum absolute atomic E-state index is 0.241. The topological polar surface area (TPSA) is 84.4 Å². The number of hydrogen-bond acceptors (Lipinski definition) is 4. The highest BCUT2D eigenvalue weighted by atomic mass is 16.3. The van der Waals surface area contributed by atoms with Gasteiger partial charge in [0.05, 0.1) is 11.8 Å². The number of anilines is 1. The number of likely N-dealkylation sites (N-methyl/N-ethyl adjacent to an activating group) is 1. The van der Waals surface area contributed by atoms with Crippen molar-refractivity contribution >= 4 is 11.6 Å². The molecule has 0 saturated carbocycles. The first-order valence-corrected chi connectivity index (χ1v) is 5.22. The zero-order valence-electron chi connectivity index (χ0n) is 9.84. The quantitative estimate of drug-likeness (QED) is 0.753. The Morgan fingerprint density at radius 2 is 2.38 bits per heavy atom. The molecule has 0 aliphatic carbocycles. The van der Waals surface area contributed by atoms with Crippen LogP contribution >= 0.6 is 0 Å². The molecule has 3 N–H and O–H groups in total. The number of carbonyl (C=O) groups is 1. The molecular weight excluding hydrogens is 208 g/mol. The standard InChI is InChI=1S/C10H18N4O2/c1-4-14-6-8(11)9(12-14)10(16)13(3)5-7(2)15/h6-7,15H,4-5,11H2,1-3H3. The lowest BCUT2D eigenvalue weighted by Crippen LogP contribution is -2.33. The first-order chi connectivity index (χ1) is 7.45. The van der Waals surface area contributed by atoms with E-state index in [-0.39, 0.29) is 18.1 Å². The van der Waals surface area contributed by atoms with E-state index >= 15 is 0 Å². The smallest absolute Gasteiger partial charge is 0.276 e. The molecule has 6 heteroatoms. The molecule has 1 heterocycles. The molecule has 1 unspecified atom stereocenters. The van der Waals surface area contributed by atoms with Crippen LogP contribution in [0.25, 0.3) is 0 Å². The van der Waals surface area contributed by atoms with Gasteiger partial charge in [-0.25, -0.2) is 0 Å². The molecule has 1 rings (SSSR count). The number of hydrogen-bond donors (Lipinski definition) is 2. The van der Waals surface area contributed by atoms with Gasteiger partial charge in [0.15, 0.2) is 5.69 Å². The van der Waals surface area contributed by atoms with Crippen LogP contribution in [0.3, 0.4) is 0 Å². The SMILES string of the molecule is CCn1cc(N)c(C(=O)N(C)CC(C)O)n1. The Labute approximate surface area is 94.6 Å². The van der Waals surface area contributed by atoms with Gasteiger partial charge in [0.25, 0.3) is 5.91 Å². The van der Waals surface area contributed by atoms with E-state index in [1.54, 1.807) is 24.9 Å². The summed E-state index contributed by atoms with van der Waals surface area (Å²) in [5.74, 6) is -0.273. The largest absolute Gasteiger partial charge is 0.396 e. The van der Waals surface area contributed by atoms with Crippen LogP contribution in [0.2, 0.25) is 0 Å². The molecule has 0 aliphatic rings. The summed E-state index contributed by atoms with van der Waals surface area (Å²) in [6, 6.07) is 0. The summed E-state index contributed by atoms with van der Waals surface area (Å²) in [7, 11) is 1.61. The summed E-state index contributed by atoms with van der Waals surface area (Å²) >= 11 is 0. The van der Waals surface area contributed by atoms with Crippen molar-refractivity contribution in [2.24, 2.45) is 0 Å². The summed E-state index contributed by atoms with van der Waals surface area (Å²) in [6.07, 6.45) is 1.06. The van der Waals surface area contributed by atoms with E-state index in [9.17, 15) is 9.90 Å². The van der Waals surface area contributed by atoms with Crippen LogP contribution in [-0.4, -0.2) is 45.4 Å². The molecule has 1 amide bonds. The summed E-state index contributed by atoms with van der Waals surface area (Å²) in [5.41, 5.74) is 6.30. The predicted molar refractivity (Wildman–Crippen MR) is 61.0 cm³/mol. The van der Waals surface area contributed by atoms with Crippen LogP contribution in [0.15, 0.2) is 6.20 Å². The predicted octanol–water partition coefficient (Wildman–Crippen LogP) is -0.0620. The van der Waals surface area contributed by atoms with Gasteiger partial charge in [-0.3, -0.25) is 9.48 Å². The molecule has 0 spiro atoms. The maximum Gasteiger partial charge on any atom is 0.276 e. The first-order valence-electron chi connectivity index (χ1n) is 5.22. The molecule has 16 heavy (non-hydrogen) atoms. The molecule has 1 atom stereocenters. The number of amides is 1. The van der Waals surface area contributed by atoms with Gasteiger partial charge >= 0.3 is 0 Å². The second-order valence-corrected chi connectivity index (χ2v) is 3.82. The molecule has 6 nitrogen and oxygen atoms in total. The summed E-state index contributed by atoms with van der Waals surface area (Å²) < 4.78 is 1.61. The van der Waals surface area contributed by atoms with E-state index in [4.69, 9.17) is 5.73 Å². The maximum absolute atomic E-state index is 11.9. The van der Waals surface area contributed by atoms with Crippen LogP contribution in [0.1, 0.15) is 24.3 Å². The first kappa shape index (κ1) is 12.5. The van der Waals surface area contributed by atoms with Gasteiger partial charge in [-0.1, -0.05) is 0 Å². The Morgan fingerprint density at radius 3 is 2.81 bits per heavy atom. The molecule has 1 aromatic heterocycles. The van der Waals surface area contributed by atoms with E-state index in [0.717, 1.165) is 0 Å². The number of aromatic nitrogens is 2. The fourth-order valence-electron chi connectivity index (χ4n) is 1.43. The highest BCUT2D eigenvalue weighted by molar-refractivity contribution is 5.96. The Hall–Kier alpha value is -1.56. The van der Waals surface area contributed by atoms with Crippen molar-refractivity contribution < 1.29 is 9.90 Å². The van der Waals surface area contributed by atoms with E-state index in [0.29, 0.717) is 12.2 Å². The zero-order chi connectivity index (χ0) is 12.3. The number of aliphatic hydroxyl groups excluding tert-OH is 1. The lowest BCUT2D eigenvalue weighted by molar-refractivity contribution is 0.0698. The molecule has 0 fully saturated rings. The number of aliphatic hydroxyl groups is 1. The summed E-state index contributed by atoms with van der Waals surface area (Å²) in [5, 5.41) is 13.3. The number of nitrogen functional groups attached to an aromatic ring is 1. The lowest BCUT2D eigenvalue weighted by Gasteiger charge is -2.17. The molecule has 0 radical (unpaired) electrons. The highest BCUT2D eigenvalue weighted by Crippen LogP contribution is 2.11. The van der Waals surface area contributed by atoms with Crippen molar-refractivity contribution in [1.82, 2.24) is 14.7 Å². The van der Waals surface area contributed by atoms with Gasteiger partial charge in [-0.15, -0.1) is 0 Å². The van der Waals surface area contributed by atoms with Gasteiger partial charge < -0.3 is 15.7 Å². The number of carbonyl (C=O) groups excluding carboxylic acids is 1. The Balaban J connectivity index is 2.83. The zero-order valence-corrected chi connectivity index (χ0v) is 9.84. The van der Waals surface area contributed by atoms with E-state index in [1.165, 1.54) is 4.90 Å². The third kappa shape index (κ3) is 2.73. The average molecular weight is 226 g/mol. The van der Waals surface area contributed by atoms with Gasteiger partial charge in [0, 0.05) is 26.3 Å². The van der Waals surface area contributed by atoms with E-state index in [1.807, 2.05) is 6.92 Å². The second kappa shape index (κ2) is 4.98. The van der Waals surface area contributed by atoms with Crippen molar-refractivity contribution in [1.29, 1.82) is 0 Å². The fourth-order valence-corrected chi connectivity index (χ4v) is 1.43. The summed E-state index contributed by atoms with van der Waals surface area (Å²) in [6.45, 7) is 4.47. The molecule has 0 saturated heterocycles. The molecule has 0 aromatic carbocycles.